The number of rotatable bonds is 6. The Labute approximate surface area is 363 Å². The first-order valence-corrected chi connectivity index (χ1v) is 21.2. The van der Waals surface area contributed by atoms with Gasteiger partial charge in [0.2, 0.25) is 0 Å². The van der Waals surface area contributed by atoms with E-state index in [1.54, 1.807) is 0 Å². The molecule has 13 rings (SSSR count). The molecule has 290 valence electrons. The predicted octanol–water partition coefficient (Wildman–Crippen LogP) is 15.9. The molecular formula is C59H34N4. The summed E-state index contributed by atoms with van der Waals surface area (Å²) < 4.78 is 2.32. The lowest BCUT2D eigenvalue weighted by atomic mass is 9.90. The van der Waals surface area contributed by atoms with Crippen LogP contribution in [0.5, 0.6) is 0 Å². The summed E-state index contributed by atoms with van der Waals surface area (Å²) in [5, 5.41) is 12.0. The van der Waals surface area contributed by atoms with Crippen molar-refractivity contribution in [2.45, 2.75) is 0 Å². The van der Waals surface area contributed by atoms with Crippen molar-refractivity contribution in [2.24, 2.45) is 0 Å². The molecule has 0 radical (unpaired) electrons. The molecule has 11 aromatic carbocycles. The zero-order valence-corrected chi connectivity index (χ0v) is 33.9. The third kappa shape index (κ3) is 5.61. The molecule has 4 nitrogen and oxygen atoms in total. The van der Waals surface area contributed by atoms with Crippen molar-refractivity contribution in [1.29, 1.82) is 0 Å². The van der Waals surface area contributed by atoms with Gasteiger partial charge in [0.15, 0.2) is 11.5 Å². The van der Waals surface area contributed by atoms with E-state index in [-0.39, 0.29) is 0 Å². The number of nitrogens with zero attached hydrogens (tertiary/aromatic N) is 4. The summed E-state index contributed by atoms with van der Waals surface area (Å²) in [6.45, 7) is 7.81. The molecule has 0 unspecified atom stereocenters. The van der Waals surface area contributed by atoms with Crippen LogP contribution in [0.15, 0.2) is 206 Å². The van der Waals surface area contributed by atoms with Gasteiger partial charge in [0, 0.05) is 38.7 Å². The van der Waals surface area contributed by atoms with E-state index in [1.165, 1.54) is 59.6 Å². The van der Waals surface area contributed by atoms with Gasteiger partial charge in [-0.15, -0.1) is 0 Å². The lowest BCUT2D eigenvalue weighted by Crippen LogP contribution is -1.96. The fraction of sp³-hybridized carbons (Fsp3) is 0. The maximum Gasteiger partial charge on any atom is 0.189 e. The SMILES string of the molecule is [C-]#[N+]c1cc2ccc3cc(-c4ccc(-c5cc6ccc7cc(-c8nc(-c9ccccc9)cc(-c9ccccc9)n8)cc8ccc(c5)c6c78)cc4)cc4c3c2c(c1)n4-c1ccccc1. The van der Waals surface area contributed by atoms with Crippen LogP contribution >= 0.6 is 0 Å². The second-order valence-electron chi connectivity index (χ2n) is 16.5. The number of benzene rings is 11. The molecule has 0 aliphatic carbocycles. The van der Waals surface area contributed by atoms with Crippen molar-refractivity contribution in [2.75, 3.05) is 0 Å². The summed E-state index contributed by atoms with van der Waals surface area (Å²) in [7, 11) is 0. The van der Waals surface area contributed by atoms with Gasteiger partial charge in [0.1, 0.15) is 0 Å². The van der Waals surface area contributed by atoms with Crippen LogP contribution in [0, 0.1) is 6.57 Å². The van der Waals surface area contributed by atoms with Gasteiger partial charge >= 0.3 is 0 Å². The van der Waals surface area contributed by atoms with E-state index in [4.69, 9.17) is 16.5 Å². The van der Waals surface area contributed by atoms with Crippen molar-refractivity contribution in [3.63, 3.8) is 0 Å². The highest BCUT2D eigenvalue weighted by atomic mass is 15.0. The van der Waals surface area contributed by atoms with E-state index < -0.39 is 0 Å². The topological polar surface area (TPSA) is 35.1 Å². The maximum absolute atomic E-state index is 7.81. The molecule has 2 aromatic heterocycles. The average Bonchev–Trinajstić information content (AvgIpc) is 3.69. The number of para-hydroxylation sites is 1. The number of hydrogen-bond donors (Lipinski definition) is 0. The van der Waals surface area contributed by atoms with Gasteiger partial charge in [-0.05, 0) is 132 Å². The third-order valence-electron chi connectivity index (χ3n) is 12.8. The highest BCUT2D eigenvalue weighted by Gasteiger charge is 2.20. The minimum Gasteiger partial charge on any atom is -0.310 e. The molecule has 0 amide bonds. The largest absolute Gasteiger partial charge is 0.310 e. The quantitative estimate of drug-likeness (QED) is 0.124. The Balaban J connectivity index is 0.888. The second kappa shape index (κ2) is 13.7. The van der Waals surface area contributed by atoms with Crippen LogP contribution in [0.2, 0.25) is 0 Å². The number of hydrogen-bond acceptors (Lipinski definition) is 2. The molecule has 4 heteroatoms. The van der Waals surface area contributed by atoms with Gasteiger partial charge < -0.3 is 4.57 Å². The molecule has 63 heavy (non-hydrogen) atoms. The Morgan fingerprint density at radius 2 is 0.746 bits per heavy atom. The Morgan fingerprint density at radius 3 is 1.24 bits per heavy atom. The molecular weight excluding hydrogens is 765 g/mol. The Morgan fingerprint density at radius 1 is 0.333 bits per heavy atom. The minimum atomic E-state index is 0.649. The van der Waals surface area contributed by atoms with Crippen LogP contribution in [-0.4, -0.2) is 14.5 Å². The summed E-state index contributed by atoms with van der Waals surface area (Å²) in [6.07, 6.45) is 0. The minimum absolute atomic E-state index is 0.649. The molecule has 0 spiro atoms. The lowest BCUT2D eigenvalue weighted by Gasteiger charge is -2.15. The fourth-order valence-electron chi connectivity index (χ4n) is 9.92. The first-order chi connectivity index (χ1) is 31.1. The van der Waals surface area contributed by atoms with Crippen molar-refractivity contribution in [3.8, 4) is 61.8 Å². The Bertz CT molecular complexity index is 3810. The van der Waals surface area contributed by atoms with Crippen LogP contribution in [0.4, 0.5) is 5.69 Å². The third-order valence-corrected chi connectivity index (χ3v) is 12.8. The van der Waals surface area contributed by atoms with Crippen LogP contribution < -0.4 is 0 Å². The van der Waals surface area contributed by atoms with E-state index in [0.29, 0.717) is 11.5 Å². The zero-order valence-electron chi connectivity index (χ0n) is 33.9. The predicted molar refractivity (Wildman–Crippen MR) is 262 cm³/mol. The fourth-order valence-corrected chi connectivity index (χ4v) is 9.92. The normalized spacial score (nSPS) is 11.8. The van der Waals surface area contributed by atoms with Crippen LogP contribution in [0.1, 0.15) is 0 Å². The summed E-state index contributed by atoms with van der Waals surface area (Å²) >= 11 is 0. The van der Waals surface area contributed by atoms with Crippen LogP contribution in [0.3, 0.4) is 0 Å². The van der Waals surface area contributed by atoms with E-state index in [9.17, 15) is 0 Å². The van der Waals surface area contributed by atoms with Crippen molar-refractivity contribution < 1.29 is 0 Å². The molecule has 0 aliphatic rings. The average molecular weight is 799 g/mol. The second-order valence-corrected chi connectivity index (χ2v) is 16.5. The van der Waals surface area contributed by atoms with E-state index in [2.05, 4.69) is 185 Å². The summed E-state index contributed by atoms with van der Waals surface area (Å²) in [5.74, 6) is 0.713. The molecule has 0 fully saturated rings. The first kappa shape index (κ1) is 35.1. The van der Waals surface area contributed by atoms with Crippen LogP contribution in [0.25, 0.3) is 132 Å². The Kier molecular flexibility index (Phi) is 7.63. The van der Waals surface area contributed by atoms with Crippen molar-refractivity contribution in [3.05, 3.63) is 218 Å². The summed E-state index contributed by atoms with van der Waals surface area (Å²) in [6, 6.07) is 73.5. The van der Waals surface area contributed by atoms with Gasteiger partial charge in [-0.3, -0.25) is 0 Å². The molecule has 0 atom stereocenters. The smallest absolute Gasteiger partial charge is 0.189 e. The molecule has 13 aromatic rings. The Hall–Kier alpha value is -8.65. The van der Waals surface area contributed by atoms with E-state index in [0.717, 1.165) is 61.3 Å². The van der Waals surface area contributed by atoms with E-state index in [1.807, 2.05) is 30.3 Å². The van der Waals surface area contributed by atoms with E-state index >= 15 is 0 Å². The lowest BCUT2D eigenvalue weighted by molar-refractivity contribution is 1.18. The van der Waals surface area contributed by atoms with Gasteiger partial charge in [-0.1, -0.05) is 140 Å². The summed E-state index contributed by atoms with van der Waals surface area (Å²) in [5.41, 5.74) is 13.5. The zero-order chi connectivity index (χ0) is 41.6. The van der Waals surface area contributed by atoms with Gasteiger partial charge in [0.25, 0.3) is 0 Å². The number of aromatic nitrogens is 3. The molecule has 0 bridgehead atoms. The standard InChI is InChI=1S/C59H34N4/c1-60-49-32-45-26-25-44-29-47(33-53-57(44)58(45)54(34-49)63(53)50-15-9-4-10-16-50)37-19-17-36(18-20-37)46-27-40-21-23-42-30-48(31-43-24-22-41(28-46)55(40)56(42)43)59-61-51(38-11-5-2-6-12-38)35-52(62-59)39-13-7-3-8-14-39/h2-35H. The monoisotopic (exact) mass is 798 g/mol. The molecule has 2 heterocycles. The molecule has 0 N–H and O–H groups in total. The van der Waals surface area contributed by atoms with Gasteiger partial charge in [-0.25, -0.2) is 14.8 Å². The van der Waals surface area contributed by atoms with Crippen molar-refractivity contribution >= 4 is 70.6 Å². The van der Waals surface area contributed by atoms with Gasteiger partial charge in [-0.2, -0.15) is 0 Å². The highest BCUT2D eigenvalue weighted by molar-refractivity contribution is 6.26. The van der Waals surface area contributed by atoms with Crippen molar-refractivity contribution in [1.82, 2.24) is 14.5 Å². The first-order valence-electron chi connectivity index (χ1n) is 21.2. The highest BCUT2D eigenvalue weighted by Crippen LogP contribution is 2.44. The van der Waals surface area contributed by atoms with Gasteiger partial charge in [0.05, 0.1) is 23.5 Å². The molecule has 0 saturated carbocycles. The molecule has 0 saturated heterocycles. The summed E-state index contributed by atoms with van der Waals surface area (Å²) in [4.78, 5) is 14.1. The van der Waals surface area contributed by atoms with Crippen LogP contribution in [-0.2, 0) is 0 Å². The maximum atomic E-state index is 7.81. The molecule has 0 aliphatic heterocycles.